The van der Waals surface area contributed by atoms with Crippen LogP contribution < -0.4 is 43.4 Å². The molecule has 18 N–H and O–H groups in total. The number of hydrogen-bond donors (Lipinski definition) is 10. The van der Waals surface area contributed by atoms with Crippen LogP contribution in [-0.2, 0) is 16.0 Å². The third-order valence-corrected chi connectivity index (χ3v) is 7.60. The number of carboxylic acids is 2. The molecule has 2 saturated heterocycles. The molecule has 3 aliphatic rings. The van der Waals surface area contributed by atoms with E-state index in [1.807, 2.05) is 14.1 Å². The molecule has 4 atom stereocenters. The number of anilines is 6. The lowest BCUT2D eigenvalue weighted by molar-refractivity contribution is -0.165. The predicted octanol–water partition coefficient (Wildman–Crippen LogP) is -3.94. The molecule has 260 valence electrons. The molecular weight excluding hydrogens is 608 g/mol. The number of nitrogens with one attached hydrogen (secondary N) is 2. The van der Waals surface area contributed by atoms with Gasteiger partial charge in [-0.3, -0.25) is 0 Å². The van der Waals surface area contributed by atoms with Crippen molar-refractivity contribution in [1.29, 1.82) is 0 Å². The van der Waals surface area contributed by atoms with Gasteiger partial charge in [-0.2, -0.15) is 19.9 Å². The average molecular weight is 657 g/mol. The van der Waals surface area contributed by atoms with Crippen molar-refractivity contribution in [3.63, 3.8) is 0 Å². The fourth-order valence-electron chi connectivity index (χ4n) is 4.87. The third kappa shape index (κ3) is 11.2. The number of carboxylic acid groups (broad SMARTS) is 2. The largest absolute Gasteiger partial charge is 0.479 e. The highest BCUT2D eigenvalue weighted by Gasteiger charge is 2.30. The first-order valence-electron chi connectivity index (χ1n) is 14.3. The van der Waals surface area contributed by atoms with E-state index in [2.05, 4.69) is 40.4 Å². The van der Waals surface area contributed by atoms with E-state index < -0.39 is 24.1 Å². The SMILES string of the molecule is CN[C@@H]1CCN(c2cc(N)nc(N)n2)C1.CN[C@@H]1CCN(c2nc(N)nc(N)c2CC2CC2)C1.O.O.O=C(O)C(O)C(O)C(=O)O. The smallest absolute Gasteiger partial charge is 0.335 e. The summed E-state index contributed by atoms with van der Waals surface area (Å²) < 4.78 is 0. The fourth-order valence-corrected chi connectivity index (χ4v) is 4.87. The number of aliphatic hydroxyl groups is 2. The number of nitrogens with zero attached hydrogens (tertiary/aromatic N) is 6. The van der Waals surface area contributed by atoms with Crippen molar-refractivity contribution >= 4 is 47.1 Å². The van der Waals surface area contributed by atoms with Gasteiger partial charge in [-0.1, -0.05) is 0 Å². The zero-order chi connectivity index (χ0) is 32.6. The van der Waals surface area contributed by atoms with Gasteiger partial charge in [-0.25, -0.2) is 9.59 Å². The molecule has 20 heteroatoms. The number of nitrogen functional groups attached to an aromatic ring is 4. The van der Waals surface area contributed by atoms with Crippen molar-refractivity contribution in [2.45, 2.75) is 56.4 Å². The van der Waals surface area contributed by atoms with Crippen molar-refractivity contribution in [1.82, 2.24) is 30.6 Å². The molecule has 2 aliphatic heterocycles. The number of aliphatic hydroxyl groups excluding tert-OH is 2. The Labute approximate surface area is 265 Å². The van der Waals surface area contributed by atoms with E-state index in [-0.39, 0.29) is 22.8 Å². The summed E-state index contributed by atoms with van der Waals surface area (Å²) in [7, 11) is 3.97. The van der Waals surface area contributed by atoms with E-state index >= 15 is 0 Å². The van der Waals surface area contributed by atoms with E-state index in [4.69, 9.17) is 43.4 Å². The van der Waals surface area contributed by atoms with Crippen LogP contribution in [0.1, 0.15) is 31.2 Å². The molecule has 2 aromatic heterocycles. The second-order valence-electron chi connectivity index (χ2n) is 10.9. The first kappa shape index (κ1) is 39.7. The van der Waals surface area contributed by atoms with Gasteiger partial charge in [0.25, 0.3) is 0 Å². The van der Waals surface area contributed by atoms with Crippen LogP contribution in [-0.4, -0.2) is 128 Å². The van der Waals surface area contributed by atoms with Crippen LogP contribution in [0.2, 0.25) is 0 Å². The lowest BCUT2D eigenvalue weighted by Crippen LogP contribution is -2.39. The standard InChI is InChI=1S/C13H22N6.C9H16N6.C4H6O6.2H2O/c1-16-9-4-5-19(7-9)12-10(6-8-2-3-8)11(14)17-13(15)18-12;1-12-6-2-3-15(5-6)8-4-7(10)13-9(11)14-8;5-1(3(7)8)2(6)4(9)10;;/h8-9,16H,2-7H2,1H3,(H4,14,15,17,18);4,6,12H,2-3,5H2,1H3,(H4,10,11,13,14);1-2,5-6H,(H,7,8)(H,9,10);2*1H2/t9-;6-;;;/m11.../s1. The molecule has 1 aliphatic carbocycles. The van der Waals surface area contributed by atoms with Crippen molar-refractivity contribution < 1.29 is 41.0 Å². The Morgan fingerprint density at radius 3 is 1.78 bits per heavy atom. The van der Waals surface area contributed by atoms with Gasteiger partial charge in [0.1, 0.15) is 23.3 Å². The predicted molar refractivity (Wildman–Crippen MR) is 172 cm³/mol. The Hall–Kier alpha value is -4.34. The number of hydrogen-bond acceptors (Lipinski definition) is 16. The third-order valence-electron chi connectivity index (χ3n) is 7.60. The summed E-state index contributed by atoms with van der Waals surface area (Å²) in [5.41, 5.74) is 24.1. The quantitative estimate of drug-likeness (QED) is 0.123. The van der Waals surface area contributed by atoms with E-state index in [0.717, 1.165) is 68.6 Å². The van der Waals surface area contributed by atoms with Crippen LogP contribution in [0.5, 0.6) is 0 Å². The fraction of sp³-hybridized carbons (Fsp3) is 0.615. The van der Waals surface area contributed by atoms with Crippen LogP contribution in [0.3, 0.4) is 0 Å². The lowest BCUT2D eigenvalue weighted by atomic mass is 10.1. The molecular formula is C26H48N12O8. The highest BCUT2D eigenvalue weighted by molar-refractivity contribution is 5.83. The molecule has 4 heterocycles. The summed E-state index contributed by atoms with van der Waals surface area (Å²) in [6.45, 7) is 3.87. The minimum absolute atomic E-state index is 0. The average Bonchev–Trinajstić information content (AvgIpc) is 3.44. The van der Waals surface area contributed by atoms with Crippen LogP contribution in [0.4, 0.5) is 35.2 Å². The summed E-state index contributed by atoms with van der Waals surface area (Å²) >= 11 is 0. The second kappa shape index (κ2) is 18.0. The maximum atomic E-state index is 9.77. The summed E-state index contributed by atoms with van der Waals surface area (Å²) in [5.74, 6) is 0.485. The highest BCUT2D eigenvalue weighted by atomic mass is 16.4. The molecule has 20 nitrogen and oxygen atoms in total. The lowest BCUT2D eigenvalue weighted by Gasteiger charge is -2.22. The summed E-state index contributed by atoms with van der Waals surface area (Å²) in [5, 5.41) is 39.1. The zero-order valence-corrected chi connectivity index (χ0v) is 25.9. The number of carbonyl (C=O) groups is 2. The Balaban J connectivity index is 0.000000355. The van der Waals surface area contributed by atoms with Gasteiger partial charge in [0, 0.05) is 49.9 Å². The molecule has 2 aromatic rings. The maximum absolute atomic E-state index is 9.77. The number of aliphatic carboxylic acids is 2. The van der Waals surface area contributed by atoms with Crippen molar-refractivity contribution in [3.05, 3.63) is 11.6 Å². The first-order chi connectivity index (χ1) is 20.8. The van der Waals surface area contributed by atoms with Crippen LogP contribution in [0.25, 0.3) is 0 Å². The van der Waals surface area contributed by atoms with Gasteiger partial charge in [0.15, 0.2) is 12.2 Å². The number of likely N-dealkylation sites (N-methyl/N-ethyl adjacent to an activating group) is 2. The zero-order valence-electron chi connectivity index (χ0n) is 25.9. The van der Waals surface area contributed by atoms with E-state index in [1.54, 1.807) is 6.07 Å². The Morgan fingerprint density at radius 2 is 1.33 bits per heavy atom. The van der Waals surface area contributed by atoms with E-state index in [9.17, 15) is 9.59 Å². The van der Waals surface area contributed by atoms with E-state index in [0.29, 0.717) is 23.7 Å². The molecule has 0 spiro atoms. The first-order valence-corrected chi connectivity index (χ1v) is 14.3. The van der Waals surface area contributed by atoms with Crippen molar-refractivity contribution in [3.8, 4) is 0 Å². The second-order valence-corrected chi connectivity index (χ2v) is 10.9. The Bertz CT molecular complexity index is 1250. The summed E-state index contributed by atoms with van der Waals surface area (Å²) in [6, 6.07) is 2.79. The van der Waals surface area contributed by atoms with Gasteiger partial charge in [0.2, 0.25) is 11.9 Å². The summed E-state index contributed by atoms with van der Waals surface area (Å²) in [6.07, 6.45) is 1.28. The van der Waals surface area contributed by atoms with Crippen LogP contribution in [0.15, 0.2) is 6.07 Å². The topological polar surface area (TPSA) is 364 Å². The number of nitrogens with two attached hydrogens (primary N) is 4. The molecule has 0 radical (unpaired) electrons. The molecule has 3 fully saturated rings. The maximum Gasteiger partial charge on any atom is 0.335 e. The van der Waals surface area contributed by atoms with Gasteiger partial charge in [0.05, 0.1) is 0 Å². The monoisotopic (exact) mass is 656 g/mol. The molecule has 0 bridgehead atoms. The van der Waals surface area contributed by atoms with Gasteiger partial charge in [-0.05, 0) is 52.1 Å². The van der Waals surface area contributed by atoms with Gasteiger partial charge >= 0.3 is 11.9 Å². The van der Waals surface area contributed by atoms with Crippen LogP contribution in [0, 0.1) is 5.92 Å². The van der Waals surface area contributed by atoms with E-state index in [1.165, 1.54) is 12.8 Å². The van der Waals surface area contributed by atoms with Crippen molar-refractivity contribution in [2.75, 3.05) is 73.0 Å². The number of aromatic nitrogens is 4. The normalized spacial score (nSPS) is 19.7. The van der Waals surface area contributed by atoms with Crippen molar-refractivity contribution in [2.24, 2.45) is 5.92 Å². The van der Waals surface area contributed by atoms with Gasteiger partial charge in [-0.15, -0.1) is 0 Å². The minimum Gasteiger partial charge on any atom is -0.479 e. The Kier molecular flexibility index (Phi) is 15.5. The molecule has 46 heavy (non-hydrogen) atoms. The van der Waals surface area contributed by atoms with Crippen LogP contribution >= 0.6 is 0 Å². The molecule has 0 aromatic carbocycles. The molecule has 0 amide bonds. The summed E-state index contributed by atoms with van der Waals surface area (Å²) in [4.78, 5) is 40.6. The molecule has 1 saturated carbocycles. The molecule has 5 rings (SSSR count). The minimum atomic E-state index is -2.27. The highest BCUT2D eigenvalue weighted by Crippen LogP contribution is 2.37. The Morgan fingerprint density at radius 1 is 0.826 bits per heavy atom. The molecule has 2 unspecified atom stereocenters. The van der Waals surface area contributed by atoms with Gasteiger partial charge < -0.3 is 74.7 Å². The number of rotatable bonds is 9.